The fourth-order valence-electron chi connectivity index (χ4n) is 1.97. The van der Waals surface area contributed by atoms with Gasteiger partial charge < -0.3 is 0 Å². The van der Waals surface area contributed by atoms with Gasteiger partial charge in [-0.25, -0.2) is 8.78 Å². The number of halogens is 4. The summed E-state index contributed by atoms with van der Waals surface area (Å²) < 4.78 is 28.1. The lowest BCUT2D eigenvalue weighted by atomic mass is 9.98. The summed E-state index contributed by atoms with van der Waals surface area (Å²) in [6, 6.07) is 8.59. The first-order valence-corrected chi connectivity index (χ1v) is 7.04. The highest BCUT2D eigenvalue weighted by Gasteiger charge is 2.18. The van der Waals surface area contributed by atoms with Gasteiger partial charge in [-0.15, -0.1) is 0 Å². The molecule has 0 radical (unpaired) electrons. The molecular formula is C14H12BrClF2N2. The summed E-state index contributed by atoms with van der Waals surface area (Å²) in [6.07, 6.45) is 0.191. The molecule has 6 heteroatoms. The van der Waals surface area contributed by atoms with E-state index in [2.05, 4.69) is 21.4 Å². The normalized spacial score (nSPS) is 12.4. The van der Waals surface area contributed by atoms with E-state index in [0.717, 1.165) is 0 Å². The first kappa shape index (κ1) is 15.4. The topological polar surface area (TPSA) is 38.0 Å². The largest absolute Gasteiger partial charge is 0.271 e. The molecule has 2 aromatic rings. The highest BCUT2D eigenvalue weighted by Crippen LogP contribution is 2.27. The average Bonchev–Trinajstić information content (AvgIpc) is 2.43. The smallest absolute Gasteiger partial charge is 0.142 e. The van der Waals surface area contributed by atoms with Crippen LogP contribution in [-0.2, 0) is 6.42 Å². The minimum atomic E-state index is -0.555. The van der Waals surface area contributed by atoms with Gasteiger partial charge in [0.15, 0.2) is 0 Å². The van der Waals surface area contributed by atoms with Crippen molar-refractivity contribution in [2.45, 2.75) is 12.5 Å². The van der Waals surface area contributed by atoms with Crippen LogP contribution in [0.3, 0.4) is 0 Å². The van der Waals surface area contributed by atoms with Crippen molar-refractivity contribution < 1.29 is 8.78 Å². The molecule has 1 unspecified atom stereocenters. The van der Waals surface area contributed by atoms with Crippen LogP contribution in [0.5, 0.6) is 0 Å². The Hall–Kier alpha value is -1.01. The molecule has 0 aliphatic heterocycles. The second-order valence-corrected chi connectivity index (χ2v) is 5.59. The molecule has 0 aliphatic rings. The van der Waals surface area contributed by atoms with Crippen LogP contribution in [0, 0.1) is 11.6 Å². The van der Waals surface area contributed by atoms with E-state index in [0.29, 0.717) is 20.6 Å². The summed E-state index contributed by atoms with van der Waals surface area (Å²) in [5.74, 6) is 4.66. The van der Waals surface area contributed by atoms with E-state index in [1.54, 1.807) is 18.2 Å². The van der Waals surface area contributed by atoms with Crippen LogP contribution in [0.1, 0.15) is 17.2 Å². The van der Waals surface area contributed by atoms with Crippen LogP contribution in [0.4, 0.5) is 8.78 Å². The predicted octanol–water partition coefficient (Wildman–Crippen LogP) is 4.13. The fourth-order valence-corrected chi connectivity index (χ4v) is 2.54. The summed E-state index contributed by atoms with van der Waals surface area (Å²) in [7, 11) is 0. The van der Waals surface area contributed by atoms with Gasteiger partial charge in [0.25, 0.3) is 0 Å². The molecule has 106 valence electrons. The third kappa shape index (κ3) is 3.35. The highest BCUT2D eigenvalue weighted by atomic mass is 79.9. The van der Waals surface area contributed by atoms with Crippen molar-refractivity contribution >= 4 is 27.5 Å². The molecule has 3 N–H and O–H groups in total. The third-order valence-corrected chi connectivity index (χ3v) is 3.84. The van der Waals surface area contributed by atoms with Gasteiger partial charge in [-0.3, -0.25) is 11.3 Å². The Morgan fingerprint density at radius 3 is 2.70 bits per heavy atom. The molecule has 1 atom stereocenters. The van der Waals surface area contributed by atoms with Gasteiger partial charge in [0, 0.05) is 10.6 Å². The standard InChI is InChI=1S/C14H12BrClF2N2/c15-11-3-1-2-10(14(11)18)13(20-19)7-8-6-9(16)4-5-12(8)17/h1-6,13,20H,7,19H2. The zero-order valence-corrected chi connectivity index (χ0v) is 12.7. The first-order valence-electron chi connectivity index (χ1n) is 5.87. The first-order chi connectivity index (χ1) is 9.52. The van der Waals surface area contributed by atoms with Gasteiger partial charge >= 0.3 is 0 Å². The monoisotopic (exact) mass is 360 g/mol. The number of hydrogen-bond donors (Lipinski definition) is 2. The van der Waals surface area contributed by atoms with E-state index in [1.165, 1.54) is 18.2 Å². The maximum absolute atomic E-state index is 14.1. The molecule has 0 saturated carbocycles. The molecule has 0 fully saturated rings. The minimum absolute atomic E-state index is 0.191. The van der Waals surface area contributed by atoms with Crippen molar-refractivity contribution in [1.29, 1.82) is 0 Å². The third-order valence-electron chi connectivity index (χ3n) is 2.99. The molecule has 0 bridgehead atoms. The zero-order valence-electron chi connectivity index (χ0n) is 10.3. The molecule has 0 saturated heterocycles. The molecule has 0 spiro atoms. The molecule has 0 aromatic heterocycles. The van der Waals surface area contributed by atoms with Crippen molar-refractivity contribution in [3.05, 3.63) is 68.7 Å². The van der Waals surface area contributed by atoms with Gasteiger partial charge in [0.05, 0.1) is 10.5 Å². The second kappa shape index (κ2) is 6.63. The van der Waals surface area contributed by atoms with Crippen molar-refractivity contribution in [1.82, 2.24) is 5.43 Å². The summed E-state index contributed by atoms with van der Waals surface area (Å²) in [6.45, 7) is 0. The zero-order chi connectivity index (χ0) is 14.7. The maximum atomic E-state index is 14.1. The van der Waals surface area contributed by atoms with Crippen LogP contribution in [0.2, 0.25) is 5.02 Å². The number of hydrogen-bond acceptors (Lipinski definition) is 2. The second-order valence-electron chi connectivity index (χ2n) is 4.30. The van der Waals surface area contributed by atoms with Crippen molar-refractivity contribution in [2.75, 3.05) is 0 Å². The molecule has 2 rings (SSSR count). The summed E-state index contributed by atoms with van der Waals surface area (Å²) in [5, 5.41) is 0.423. The average molecular weight is 362 g/mol. The summed E-state index contributed by atoms with van der Waals surface area (Å²) in [4.78, 5) is 0. The van der Waals surface area contributed by atoms with Crippen LogP contribution in [-0.4, -0.2) is 0 Å². The van der Waals surface area contributed by atoms with E-state index in [1.807, 2.05) is 0 Å². The van der Waals surface area contributed by atoms with E-state index in [-0.39, 0.29) is 6.42 Å². The molecule has 0 amide bonds. The van der Waals surface area contributed by atoms with Crippen molar-refractivity contribution in [3.8, 4) is 0 Å². The SMILES string of the molecule is NNC(Cc1cc(Cl)ccc1F)c1cccc(Br)c1F. The Kier molecular flexibility index (Phi) is 5.10. The number of nitrogens with two attached hydrogens (primary N) is 1. The summed E-state index contributed by atoms with van der Waals surface area (Å²) in [5.41, 5.74) is 3.25. The van der Waals surface area contributed by atoms with Gasteiger partial charge in [0.2, 0.25) is 0 Å². The van der Waals surface area contributed by atoms with Gasteiger partial charge in [-0.2, -0.15) is 0 Å². The Morgan fingerprint density at radius 2 is 2.00 bits per heavy atom. The van der Waals surface area contributed by atoms with Crippen molar-refractivity contribution in [2.24, 2.45) is 5.84 Å². The maximum Gasteiger partial charge on any atom is 0.142 e. The van der Waals surface area contributed by atoms with Gasteiger partial charge in [-0.05, 0) is 52.2 Å². The van der Waals surface area contributed by atoms with Crippen LogP contribution >= 0.6 is 27.5 Å². The van der Waals surface area contributed by atoms with Crippen LogP contribution < -0.4 is 11.3 Å². The highest BCUT2D eigenvalue weighted by molar-refractivity contribution is 9.10. The number of rotatable bonds is 4. The Labute approximate surface area is 129 Å². The van der Waals surface area contributed by atoms with Gasteiger partial charge in [-0.1, -0.05) is 23.7 Å². The van der Waals surface area contributed by atoms with Crippen molar-refractivity contribution in [3.63, 3.8) is 0 Å². The lowest BCUT2D eigenvalue weighted by molar-refractivity contribution is 0.497. The molecule has 2 nitrogen and oxygen atoms in total. The fraction of sp³-hybridized carbons (Fsp3) is 0.143. The van der Waals surface area contributed by atoms with E-state index >= 15 is 0 Å². The predicted molar refractivity (Wildman–Crippen MR) is 79.3 cm³/mol. The molecule has 20 heavy (non-hydrogen) atoms. The lowest BCUT2D eigenvalue weighted by Gasteiger charge is -2.18. The Balaban J connectivity index is 2.34. The number of hydrazine groups is 1. The molecule has 2 aromatic carbocycles. The van der Waals surface area contributed by atoms with Crippen LogP contribution in [0.25, 0.3) is 0 Å². The van der Waals surface area contributed by atoms with E-state index in [4.69, 9.17) is 17.4 Å². The quantitative estimate of drug-likeness (QED) is 0.635. The van der Waals surface area contributed by atoms with Gasteiger partial charge in [0.1, 0.15) is 11.6 Å². The van der Waals surface area contributed by atoms with E-state index < -0.39 is 17.7 Å². The molecule has 0 aliphatic carbocycles. The number of benzene rings is 2. The molecule has 0 heterocycles. The minimum Gasteiger partial charge on any atom is -0.271 e. The van der Waals surface area contributed by atoms with E-state index in [9.17, 15) is 8.78 Å². The lowest BCUT2D eigenvalue weighted by Crippen LogP contribution is -2.30. The Morgan fingerprint density at radius 1 is 1.25 bits per heavy atom. The summed E-state index contributed by atoms with van der Waals surface area (Å²) >= 11 is 8.96. The van der Waals surface area contributed by atoms with Crippen LogP contribution in [0.15, 0.2) is 40.9 Å². The molecular weight excluding hydrogens is 350 g/mol. The Bertz CT molecular complexity index is 622. The number of nitrogens with one attached hydrogen (secondary N) is 1.